The van der Waals surface area contributed by atoms with Crippen LogP contribution in [0.15, 0.2) is 24.5 Å². The third kappa shape index (κ3) is 9.69. The molecule has 0 radical (unpaired) electrons. The Kier molecular flexibility index (Phi) is 10.4. The Balaban J connectivity index is 1.79. The van der Waals surface area contributed by atoms with Gasteiger partial charge >= 0.3 is 0 Å². The lowest BCUT2D eigenvalue weighted by atomic mass is 10.0. The quantitative estimate of drug-likeness (QED) is 0.425. The second-order valence-corrected chi connectivity index (χ2v) is 5.65. The second kappa shape index (κ2) is 12.2. The van der Waals surface area contributed by atoms with Crippen LogP contribution in [-0.4, -0.2) is 4.98 Å². The molecule has 1 rings (SSSR count). The molecule has 1 heterocycles. The molecule has 1 aromatic rings. The molecule has 0 amide bonds. The predicted molar refractivity (Wildman–Crippen MR) is 84.4 cm³/mol. The smallest absolute Gasteiger partial charge is 0.0299 e. The fourth-order valence-corrected chi connectivity index (χ4v) is 2.54. The van der Waals surface area contributed by atoms with Crippen LogP contribution in [0.5, 0.6) is 0 Å². The minimum atomic E-state index is 1.20. The van der Waals surface area contributed by atoms with Crippen molar-refractivity contribution in [1.82, 2.24) is 4.98 Å². The van der Waals surface area contributed by atoms with Crippen molar-refractivity contribution >= 4 is 0 Å². The van der Waals surface area contributed by atoms with Gasteiger partial charge in [-0.3, -0.25) is 4.98 Å². The fraction of sp³-hybridized carbons (Fsp3) is 0.722. The van der Waals surface area contributed by atoms with E-state index in [1.807, 2.05) is 18.5 Å². The van der Waals surface area contributed by atoms with E-state index in [4.69, 9.17) is 0 Å². The van der Waals surface area contributed by atoms with E-state index in [-0.39, 0.29) is 0 Å². The van der Waals surface area contributed by atoms with Crippen molar-refractivity contribution in [2.75, 3.05) is 0 Å². The van der Waals surface area contributed by atoms with Crippen LogP contribution in [0.2, 0.25) is 0 Å². The Morgan fingerprint density at radius 2 is 1.37 bits per heavy atom. The summed E-state index contributed by atoms with van der Waals surface area (Å²) >= 11 is 0. The van der Waals surface area contributed by atoms with Crippen LogP contribution in [0.1, 0.15) is 83.1 Å². The van der Waals surface area contributed by atoms with Gasteiger partial charge in [0.25, 0.3) is 0 Å². The first kappa shape index (κ1) is 16.2. The maximum atomic E-state index is 4.15. The van der Waals surface area contributed by atoms with Gasteiger partial charge in [0.2, 0.25) is 0 Å². The van der Waals surface area contributed by atoms with Crippen LogP contribution in [0.25, 0.3) is 0 Å². The normalized spacial score (nSPS) is 10.8. The highest BCUT2D eigenvalue weighted by Crippen LogP contribution is 2.12. The third-order valence-corrected chi connectivity index (χ3v) is 3.79. The van der Waals surface area contributed by atoms with Crippen LogP contribution in [-0.2, 0) is 6.42 Å². The van der Waals surface area contributed by atoms with Crippen molar-refractivity contribution < 1.29 is 0 Å². The minimum absolute atomic E-state index is 1.20. The first-order chi connectivity index (χ1) is 9.43. The van der Waals surface area contributed by atoms with Gasteiger partial charge in [0.1, 0.15) is 0 Å². The third-order valence-electron chi connectivity index (χ3n) is 3.79. The summed E-state index contributed by atoms with van der Waals surface area (Å²) in [5.74, 6) is 0. The number of unbranched alkanes of at least 4 members (excludes halogenated alkanes) is 10. The number of rotatable bonds is 12. The zero-order valence-corrected chi connectivity index (χ0v) is 12.7. The summed E-state index contributed by atoms with van der Waals surface area (Å²) in [4.78, 5) is 4.15. The highest BCUT2D eigenvalue weighted by molar-refractivity contribution is 5.08. The highest BCUT2D eigenvalue weighted by Gasteiger charge is 1.94. The van der Waals surface area contributed by atoms with E-state index in [2.05, 4.69) is 18.0 Å². The van der Waals surface area contributed by atoms with Gasteiger partial charge < -0.3 is 0 Å². The maximum Gasteiger partial charge on any atom is 0.0299 e. The zero-order valence-electron chi connectivity index (χ0n) is 12.7. The molecule has 0 fully saturated rings. The van der Waals surface area contributed by atoms with Crippen molar-refractivity contribution in [1.29, 1.82) is 0 Å². The van der Waals surface area contributed by atoms with Crippen molar-refractivity contribution in [2.24, 2.45) is 0 Å². The van der Waals surface area contributed by atoms with Gasteiger partial charge in [0, 0.05) is 12.4 Å². The lowest BCUT2D eigenvalue weighted by Crippen LogP contribution is -1.87. The summed E-state index contributed by atoms with van der Waals surface area (Å²) in [5, 5.41) is 0. The van der Waals surface area contributed by atoms with E-state index in [1.165, 1.54) is 82.6 Å². The van der Waals surface area contributed by atoms with Gasteiger partial charge in [-0.2, -0.15) is 0 Å². The summed E-state index contributed by atoms with van der Waals surface area (Å²) in [6.07, 6.45) is 20.6. The summed E-state index contributed by atoms with van der Waals surface area (Å²) in [6, 6.07) is 4.22. The Morgan fingerprint density at radius 1 is 0.789 bits per heavy atom. The molecular weight excluding hydrogens is 230 g/mol. The lowest BCUT2D eigenvalue weighted by Gasteiger charge is -2.03. The molecule has 0 aliphatic carbocycles. The standard InChI is InChI=1S/C18H31N/c1-2-3-4-5-6-7-8-9-10-11-12-14-18-15-13-16-19-17-18/h13,15-17H,2-12,14H2,1H3. The molecule has 0 saturated heterocycles. The molecule has 0 aliphatic rings. The van der Waals surface area contributed by atoms with E-state index in [1.54, 1.807) is 0 Å². The molecule has 1 heteroatoms. The molecule has 0 spiro atoms. The van der Waals surface area contributed by atoms with E-state index in [9.17, 15) is 0 Å². The fourth-order valence-electron chi connectivity index (χ4n) is 2.54. The number of hydrogen-bond donors (Lipinski definition) is 0. The average molecular weight is 261 g/mol. The number of nitrogens with zero attached hydrogens (tertiary/aromatic N) is 1. The molecule has 0 atom stereocenters. The Bertz CT molecular complexity index is 281. The molecule has 0 unspecified atom stereocenters. The minimum Gasteiger partial charge on any atom is -0.264 e. The predicted octanol–water partition coefficient (Wildman–Crippen LogP) is 5.94. The SMILES string of the molecule is CCCCCCCCCCCCCc1cccnc1. The van der Waals surface area contributed by atoms with E-state index in [0.717, 1.165) is 0 Å². The average Bonchev–Trinajstić information content (AvgIpc) is 2.46. The van der Waals surface area contributed by atoms with Gasteiger partial charge in [-0.05, 0) is 24.5 Å². The second-order valence-electron chi connectivity index (χ2n) is 5.65. The molecule has 0 N–H and O–H groups in total. The molecule has 0 aromatic carbocycles. The van der Waals surface area contributed by atoms with Gasteiger partial charge in [0.05, 0.1) is 0 Å². The number of aromatic nitrogens is 1. The maximum absolute atomic E-state index is 4.15. The number of pyridine rings is 1. The molecule has 0 aliphatic heterocycles. The Labute approximate surface area is 119 Å². The van der Waals surface area contributed by atoms with Gasteiger partial charge in [-0.1, -0.05) is 77.2 Å². The van der Waals surface area contributed by atoms with Gasteiger partial charge in [-0.15, -0.1) is 0 Å². The molecule has 1 nitrogen and oxygen atoms in total. The van der Waals surface area contributed by atoms with Crippen molar-refractivity contribution in [3.8, 4) is 0 Å². The molecule has 0 saturated carbocycles. The molecule has 19 heavy (non-hydrogen) atoms. The van der Waals surface area contributed by atoms with Crippen LogP contribution >= 0.6 is 0 Å². The Morgan fingerprint density at radius 3 is 1.89 bits per heavy atom. The lowest BCUT2D eigenvalue weighted by molar-refractivity contribution is 0.549. The number of hydrogen-bond acceptors (Lipinski definition) is 1. The Hall–Kier alpha value is -0.850. The molecule has 1 aromatic heterocycles. The monoisotopic (exact) mass is 261 g/mol. The van der Waals surface area contributed by atoms with Gasteiger partial charge in [-0.25, -0.2) is 0 Å². The molecular formula is C18H31N. The summed E-state index contributed by atoms with van der Waals surface area (Å²) < 4.78 is 0. The summed E-state index contributed by atoms with van der Waals surface area (Å²) in [7, 11) is 0. The van der Waals surface area contributed by atoms with Gasteiger partial charge in [0.15, 0.2) is 0 Å². The first-order valence-corrected chi connectivity index (χ1v) is 8.32. The van der Waals surface area contributed by atoms with Crippen LogP contribution in [0, 0.1) is 0 Å². The highest BCUT2D eigenvalue weighted by atomic mass is 14.6. The molecule has 108 valence electrons. The van der Waals surface area contributed by atoms with E-state index >= 15 is 0 Å². The largest absolute Gasteiger partial charge is 0.264 e. The first-order valence-electron chi connectivity index (χ1n) is 8.32. The number of aryl methyl sites for hydroxylation is 1. The zero-order chi connectivity index (χ0) is 13.6. The van der Waals surface area contributed by atoms with E-state index in [0.29, 0.717) is 0 Å². The van der Waals surface area contributed by atoms with E-state index < -0.39 is 0 Å². The van der Waals surface area contributed by atoms with Crippen molar-refractivity contribution in [3.63, 3.8) is 0 Å². The summed E-state index contributed by atoms with van der Waals surface area (Å²) in [5.41, 5.74) is 1.39. The topological polar surface area (TPSA) is 12.9 Å². The van der Waals surface area contributed by atoms with Crippen LogP contribution in [0.3, 0.4) is 0 Å². The van der Waals surface area contributed by atoms with Crippen LogP contribution < -0.4 is 0 Å². The van der Waals surface area contributed by atoms with Crippen LogP contribution in [0.4, 0.5) is 0 Å². The summed E-state index contributed by atoms with van der Waals surface area (Å²) in [6.45, 7) is 2.28. The molecule has 0 bridgehead atoms. The van der Waals surface area contributed by atoms with Crippen molar-refractivity contribution in [3.05, 3.63) is 30.1 Å². The van der Waals surface area contributed by atoms with Crippen molar-refractivity contribution in [2.45, 2.75) is 84.0 Å².